The van der Waals surface area contributed by atoms with Crippen molar-refractivity contribution < 1.29 is 9.53 Å². The Morgan fingerprint density at radius 1 is 1.38 bits per heavy atom. The predicted molar refractivity (Wildman–Crippen MR) is 73.5 cm³/mol. The van der Waals surface area contributed by atoms with Crippen LogP contribution in [0.25, 0.3) is 0 Å². The molecule has 4 heteroatoms. The largest absolute Gasteiger partial charge is 0.466 e. The molecule has 1 N–H and O–H groups in total. The van der Waals surface area contributed by atoms with Crippen molar-refractivity contribution in [1.29, 1.82) is 0 Å². The summed E-state index contributed by atoms with van der Waals surface area (Å²) in [6.07, 6.45) is 1.27. The highest BCUT2D eigenvalue weighted by molar-refractivity contribution is 14.1. The molecule has 0 saturated carbocycles. The minimum atomic E-state index is -0.119. The molecule has 0 atom stereocenters. The number of halogens is 1. The summed E-state index contributed by atoms with van der Waals surface area (Å²) in [6, 6.07) is 8.17. The topological polar surface area (TPSA) is 38.3 Å². The number of anilines is 1. The molecule has 0 aliphatic rings. The molecule has 0 spiro atoms. The lowest BCUT2D eigenvalue weighted by atomic mass is 10.3. The van der Waals surface area contributed by atoms with Crippen LogP contribution in [-0.2, 0) is 9.53 Å². The molecule has 0 aromatic heterocycles. The van der Waals surface area contributed by atoms with Gasteiger partial charge < -0.3 is 10.1 Å². The van der Waals surface area contributed by atoms with Crippen LogP contribution in [0.4, 0.5) is 5.69 Å². The van der Waals surface area contributed by atoms with E-state index in [0.717, 1.165) is 18.7 Å². The predicted octanol–water partition coefficient (Wildman–Crippen LogP) is 3.05. The molecule has 1 rings (SSSR count). The summed E-state index contributed by atoms with van der Waals surface area (Å²) in [5, 5.41) is 3.26. The number of benzene rings is 1. The zero-order chi connectivity index (χ0) is 11.8. The zero-order valence-corrected chi connectivity index (χ0v) is 11.5. The van der Waals surface area contributed by atoms with Crippen molar-refractivity contribution in [3.8, 4) is 0 Å². The second kappa shape index (κ2) is 7.49. The van der Waals surface area contributed by atoms with Crippen LogP contribution < -0.4 is 5.32 Å². The summed E-state index contributed by atoms with van der Waals surface area (Å²) in [5.74, 6) is -0.119. The highest BCUT2D eigenvalue weighted by atomic mass is 127. The van der Waals surface area contributed by atoms with Gasteiger partial charge in [-0.15, -0.1) is 0 Å². The molecule has 0 amide bonds. The number of ether oxygens (including phenoxy) is 1. The Balaban J connectivity index is 2.16. The Kier molecular flexibility index (Phi) is 6.22. The van der Waals surface area contributed by atoms with Crippen LogP contribution in [0.2, 0.25) is 0 Å². The second-order valence-electron chi connectivity index (χ2n) is 3.34. The van der Waals surface area contributed by atoms with Gasteiger partial charge in [0.25, 0.3) is 0 Å². The van der Waals surface area contributed by atoms with Crippen LogP contribution in [0.1, 0.15) is 19.8 Å². The molecule has 0 heterocycles. The van der Waals surface area contributed by atoms with Crippen molar-refractivity contribution in [2.75, 3.05) is 18.5 Å². The van der Waals surface area contributed by atoms with E-state index in [0.29, 0.717) is 13.0 Å². The minimum Gasteiger partial charge on any atom is -0.466 e. The lowest BCUT2D eigenvalue weighted by Gasteiger charge is -2.06. The molecule has 0 saturated heterocycles. The van der Waals surface area contributed by atoms with E-state index in [4.69, 9.17) is 4.74 Å². The summed E-state index contributed by atoms with van der Waals surface area (Å²) in [7, 11) is 0. The first-order valence-electron chi connectivity index (χ1n) is 5.37. The van der Waals surface area contributed by atoms with Crippen LogP contribution in [0.15, 0.2) is 24.3 Å². The molecule has 0 aliphatic heterocycles. The highest BCUT2D eigenvalue weighted by Gasteiger charge is 2.00. The Hall–Kier alpha value is -0.780. The molecule has 1 aromatic rings. The quantitative estimate of drug-likeness (QED) is 0.494. The number of carbonyl (C=O) groups excluding carboxylic acids is 1. The number of esters is 1. The van der Waals surface area contributed by atoms with E-state index in [9.17, 15) is 4.79 Å². The first-order chi connectivity index (χ1) is 7.72. The van der Waals surface area contributed by atoms with Gasteiger partial charge in [-0.25, -0.2) is 0 Å². The maximum atomic E-state index is 11.0. The van der Waals surface area contributed by atoms with E-state index >= 15 is 0 Å². The number of nitrogens with one attached hydrogen (secondary N) is 1. The van der Waals surface area contributed by atoms with Crippen LogP contribution in [0.3, 0.4) is 0 Å². The van der Waals surface area contributed by atoms with Gasteiger partial charge in [-0.3, -0.25) is 4.79 Å². The van der Waals surface area contributed by atoms with Crippen molar-refractivity contribution in [3.63, 3.8) is 0 Å². The molecular formula is C12H16INO2. The SMILES string of the molecule is CCOC(=O)CCCNc1ccc(I)cc1. The third-order valence-electron chi connectivity index (χ3n) is 2.04. The first-order valence-corrected chi connectivity index (χ1v) is 6.45. The monoisotopic (exact) mass is 333 g/mol. The van der Waals surface area contributed by atoms with Gasteiger partial charge in [0.2, 0.25) is 0 Å². The van der Waals surface area contributed by atoms with Gasteiger partial charge in [-0.2, -0.15) is 0 Å². The third kappa shape index (κ3) is 5.34. The molecule has 0 bridgehead atoms. The van der Waals surface area contributed by atoms with Gasteiger partial charge in [0.05, 0.1) is 6.61 Å². The number of rotatable bonds is 6. The maximum Gasteiger partial charge on any atom is 0.305 e. The standard InChI is InChI=1S/C12H16INO2/c1-2-16-12(15)4-3-9-14-11-7-5-10(13)6-8-11/h5-8,14H,2-4,9H2,1H3. The van der Waals surface area contributed by atoms with Crippen molar-refractivity contribution in [3.05, 3.63) is 27.8 Å². The number of carbonyl (C=O) groups is 1. The van der Waals surface area contributed by atoms with E-state index in [1.807, 2.05) is 31.2 Å². The Morgan fingerprint density at radius 2 is 2.06 bits per heavy atom. The van der Waals surface area contributed by atoms with E-state index in [2.05, 4.69) is 27.9 Å². The Bertz CT molecular complexity index is 324. The smallest absolute Gasteiger partial charge is 0.305 e. The van der Waals surface area contributed by atoms with Crippen LogP contribution in [0.5, 0.6) is 0 Å². The van der Waals surface area contributed by atoms with Crippen molar-refractivity contribution in [2.45, 2.75) is 19.8 Å². The fourth-order valence-electron chi connectivity index (χ4n) is 1.27. The van der Waals surface area contributed by atoms with Gasteiger partial charge in [0.1, 0.15) is 0 Å². The summed E-state index contributed by atoms with van der Waals surface area (Å²) in [6.45, 7) is 3.07. The van der Waals surface area contributed by atoms with E-state index in [1.165, 1.54) is 3.57 Å². The second-order valence-corrected chi connectivity index (χ2v) is 4.59. The van der Waals surface area contributed by atoms with Crippen molar-refractivity contribution in [2.24, 2.45) is 0 Å². The molecule has 1 aromatic carbocycles. The maximum absolute atomic E-state index is 11.0. The molecule has 88 valence electrons. The van der Waals surface area contributed by atoms with E-state index in [-0.39, 0.29) is 5.97 Å². The molecular weight excluding hydrogens is 317 g/mol. The lowest BCUT2D eigenvalue weighted by Crippen LogP contribution is -2.08. The highest BCUT2D eigenvalue weighted by Crippen LogP contribution is 2.11. The average Bonchev–Trinajstić information content (AvgIpc) is 2.27. The van der Waals surface area contributed by atoms with Crippen LogP contribution in [0, 0.1) is 3.57 Å². The fraction of sp³-hybridized carbons (Fsp3) is 0.417. The van der Waals surface area contributed by atoms with Gasteiger partial charge >= 0.3 is 5.97 Å². The first kappa shape index (κ1) is 13.3. The summed E-state index contributed by atoms with van der Waals surface area (Å²) < 4.78 is 6.06. The molecule has 16 heavy (non-hydrogen) atoms. The Labute approximate surface area is 110 Å². The number of hydrogen-bond acceptors (Lipinski definition) is 3. The number of hydrogen-bond donors (Lipinski definition) is 1. The fourth-order valence-corrected chi connectivity index (χ4v) is 1.63. The molecule has 0 unspecified atom stereocenters. The molecule has 3 nitrogen and oxygen atoms in total. The molecule has 0 radical (unpaired) electrons. The normalized spacial score (nSPS) is 9.88. The average molecular weight is 333 g/mol. The van der Waals surface area contributed by atoms with Crippen LogP contribution in [-0.4, -0.2) is 19.1 Å². The van der Waals surface area contributed by atoms with Crippen LogP contribution >= 0.6 is 22.6 Å². The lowest BCUT2D eigenvalue weighted by molar-refractivity contribution is -0.143. The summed E-state index contributed by atoms with van der Waals surface area (Å²) in [4.78, 5) is 11.0. The van der Waals surface area contributed by atoms with Crippen molar-refractivity contribution in [1.82, 2.24) is 0 Å². The zero-order valence-electron chi connectivity index (χ0n) is 9.33. The summed E-state index contributed by atoms with van der Waals surface area (Å²) >= 11 is 2.27. The van der Waals surface area contributed by atoms with Gasteiger partial charge in [0.15, 0.2) is 0 Å². The molecule has 0 fully saturated rings. The van der Waals surface area contributed by atoms with E-state index < -0.39 is 0 Å². The van der Waals surface area contributed by atoms with Gasteiger partial charge in [-0.05, 0) is 60.2 Å². The van der Waals surface area contributed by atoms with Gasteiger partial charge in [-0.1, -0.05) is 0 Å². The molecule has 0 aliphatic carbocycles. The van der Waals surface area contributed by atoms with E-state index in [1.54, 1.807) is 0 Å². The van der Waals surface area contributed by atoms with Crippen molar-refractivity contribution >= 4 is 34.2 Å². The minimum absolute atomic E-state index is 0.119. The van der Waals surface area contributed by atoms with Gasteiger partial charge in [0, 0.05) is 22.2 Å². The third-order valence-corrected chi connectivity index (χ3v) is 2.76. The Morgan fingerprint density at radius 3 is 2.69 bits per heavy atom. The summed E-state index contributed by atoms with van der Waals surface area (Å²) in [5.41, 5.74) is 1.09.